The molecule has 0 aromatic heterocycles. The summed E-state index contributed by atoms with van der Waals surface area (Å²) in [5.74, 6) is -0.634. The first-order valence-corrected chi connectivity index (χ1v) is 4.64. The molecule has 0 atom stereocenters. The minimum Gasteiger partial charge on any atom is -0.396 e. The van der Waals surface area contributed by atoms with Crippen molar-refractivity contribution in [3.05, 3.63) is 35.7 Å². The van der Waals surface area contributed by atoms with E-state index in [4.69, 9.17) is 5.73 Å². The third kappa shape index (κ3) is 3.42. The number of halogens is 1. The Morgan fingerprint density at radius 2 is 2.33 bits per heavy atom. The van der Waals surface area contributed by atoms with Gasteiger partial charge in [-0.05, 0) is 30.7 Å². The van der Waals surface area contributed by atoms with Gasteiger partial charge in [-0.1, -0.05) is 6.07 Å². The van der Waals surface area contributed by atoms with Crippen molar-refractivity contribution in [2.24, 2.45) is 0 Å². The molecule has 0 spiro atoms. The quantitative estimate of drug-likeness (QED) is 0.585. The monoisotopic (exact) mass is 208 g/mol. The number of rotatable bonds is 3. The molecule has 3 N–H and O–H groups in total. The maximum Gasteiger partial charge on any atom is 0.243 e. The van der Waals surface area contributed by atoms with Gasteiger partial charge in [-0.15, -0.1) is 0 Å². The van der Waals surface area contributed by atoms with Crippen molar-refractivity contribution >= 4 is 17.7 Å². The SMILES string of the molecule is CCNC(=O)/C=C/c1ccc(F)c(N)c1. The van der Waals surface area contributed by atoms with Gasteiger partial charge in [0.25, 0.3) is 0 Å². The standard InChI is InChI=1S/C11H13FN2O/c1-2-14-11(15)6-4-8-3-5-9(12)10(13)7-8/h3-7H,2,13H2,1H3,(H,14,15)/b6-4+. The van der Waals surface area contributed by atoms with Crippen molar-refractivity contribution in [1.82, 2.24) is 5.32 Å². The molecule has 0 aliphatic heterocycles. The van der Waals surface area contributed by atoms with Gasteiger partial charge < -0.3 is 11.1 Å². The summed E-state index contributed by atoms with van der Waals surface area (Å²) in [7, 11) is 0. The van der Waals surface area contributed by atoms with Gasteiger partial charge in [0.1, 0.15) is 5.82 Å². The van der Waals surface area contributed by atoms with Gasteiger partial charge in [0.2, 0.25) is 5.91 Å². The first-order valence-electron chi connectivity index (χ1n) is 4.64. The number of carbonyl (C=O) groups excluding carboxylic acids is 1. The zero-order valence-corrected chi connectivity index (χ0v) is 8.46. The van der Waals surface area contributed by atoms with Gasteiger partial charge in [0.05, 0.1) is 5.69 Å². The Hall–Kier alpha value is -1.84. The summed E-state index contributed by atoms with van der Waals surface area (Å²) in [6, 6.07) is 4.30. The summed E-state index contributed by atoms with van der Waals surface area (Å²) in [6.07, 6.45) is 2.97. The number of nitrogens with one attached hydrogen (secondary N) is 1. The van der Waals surface area contributed by atoms with Crippen LogP contribution in [0.3, 0.4) is 0 Å². The summed E-state index contributed by atoms with van der Waals surface area (Å²) in [5, 5.41) is 2.61. The van der Waals surface area contributed by atoms with E-state index >= 15 is 0 Å². The fourth-order valence-corrected chi connectivity index (χ4v) is 1.07. The van der Waals surface area contributed by atoms with E-state index in [0.29, 0.717) is 12.1 Å². The molecular weight excluding hydrogens is 195 g/mol. The molecule has 80 valence electrons. The number of amides is 1. The predicted molar refractivity (Wildman–Crippen MR) is 58.5 cm³/mol. The molecule has 4 heteroatoms. The van der Waals surface area contributed by atoms with E-state index in [-0.39, 0.29) is 11.6 Å². The largest absolute Gasteiger partial charge is 0.396 e. The molecule has 0 bridgehead atoms. The van der Waals surface area contributed by atoms with Crippen LogP contribution in [-0.4, -0.2) is 12.5 Å². The number of nitrogens with two attached hydrogens (primary N) is 1. The molecule has 0 fully saturated rings. The van der Waals surface area contributed by atoms with Crippen LogP contribution < -0.4 is 11.1 Å². The van der Waals surface area contributed by atoms with Crippen molar-refractivity contribution < 1.29 is 9.18 Å². The minimum absolute atomic E-state index is 0.0769. The summed E-state index contributed by atoms with van der Waals surface area (Å²) >= 11 is 0. The molecule has 0 radical (unpaired) electrons. The number of benzene rings is 1. The molecule has 3 nitrogen and oxygen atoms in total. The lowest BCUT2D eigenvalue weighted by atomic mass is 10.2. The average molecular weight is 208 g/mol. The third-order valence-corrected chi connectivity index (χ3v) is 1.80. The number of likely N-dealkylation sites (N-methyl/N-ethyl adjacent to an activating group) is 1. The molecular formula is C11H13FN2O. The van der Waals surface area contributed by atoms with Gasteiger partial charge >= 0.3 is 0 Å². The van der Waals surface area contributed by atoms with Crippen molar-refractivity contribution in [1.29, 1.82) is 0 Å². The van der Waals surface area contributed by atoms with E-state index in [9.17, 15) is 9.18 Å². The van der Waals surface area contributed by atoms with Crippen LogP contribution in [0, 0.1) is 5.82 Å². The zero-order chi connectivity index (χ0) is 11.3. The molecule has 0 unspecified atom stereocenters. The molecule has 0 saturated carbocycles. The van der Waals surface area contributed by atoms with Gasteiger partial charge in [0.15, 0.2) is 0 Å². The van der Waals surface area contributed by atoms with E-state index in [1.807, 2.05) is 6.92 Å². The Kier molecular flexibility index (Phi) is 3.85. The van der Waals surface area contributed by atoms with Gasteiger partial charge in [0, 0.05) is 12.6 Å². The average Bonchev–Trinajstić information content (AvgIpc) is 2.20. The van der Waals surface area contributed by atoms with E-state index in [1.165, 1.54) is 18.2 Å². The van der Waals surface area contributed by atoms with Gasteiger partial charge in [-0.3, -0.25) is 4.79 Å². The normalized spacial score (nSPS) is 10.5. The summed E-state index contributed by atoms with van der Waals surface area (Å²) in [4.78, 5) is 11.1. The highest BCUT2D eigenvalue weighted by Gasteiger charge is 1.97. The smallest absolute Gasteiger partial charge is 0.243 e. The Labute approximate surface area is 87.8 Å². The lowest BCUT2D eigenvalue weighted by Crippen LogP contribution is -2.19. The lowest BCUT2D eigenvalue weighted by Gasteiger charge is -1.98. The molecule has 15 heavy (non-hydrogen) atoms. The number of hydrogen-bond acceptors (Lipinski definition) is 2. The van der Waals surface area contributed by atoms with Crippen LogP contribution in [0.1, 0.15) is 12.5 Å². The highest BCUT2D eigenvalue weighted by Crippen LogP contribution is 2.13. The van der Waals surface area contributed by atoms with Crippen molar-refractivity contribution in [3.8, 4) is 0 Å². The van der Waals surface area contributed by atoms with E-state index in [0.717, 1.165) is 0 Å². The first-order chi connectivity index (χ1) is 7.13. The maximum absolute atomic E-state index is 12.8. The van der Waals surface area contributed by atoms with Crippen LogP contribution in [0.5, 0.6) is 0 Å². The molecule has 0 saturated heterocycles. The van der Waals surface area contributed by atoms with Crippen LogP contribution in [0.4, 0.5) is 10.1 Å². The third-order valence-electron chi connectivity index (χ3n) is 1.80. The van der Waals surface area contributed by atoms with Gasteiger partial charge in [-0.25, -0.2) is 4.39 Å². The second kappa shape index (κ2) is 5.14. The van der Waals surface area contributed by atoms with Crippen LogP contribution in [-0.2, 0) is 4.79 Å². The Morgan fingerprint density at radius 3 is 2.93 bits per heavy atom. The fourth-order valence-electron chi connectivity index (χ4n) is 1.07. The highest BCUT2D eigenvalue weighted by atomic mass is 19.1. The molecule has 1 aromatic carbocycles. The molecule has 1 rings (SSSR count). The summed E-state index contributed by atoms with van der Waals surface area (Å²) in [5.41, 5.74) is 6.15. The number of carbonyl (C=O) groups is 1. The second-order valence-corrected chi connectivity index (χ2v) is 3.01. The van der Waals surface area contributed by atoms with Crippen LogP contribution >= 0.6 is 0 Å². The highest BCUT2D eigenvalue weighted by molar-refractivity contribution is 5.91. The molecule has 1 amide bonds. The molecule has 1 aromatic rings. The first kappa shape index (κ1) is 11.2. The molecule has 0 aliphatic carbocycles. The Balaban J connectivity index is 2.72. The zero-order valence-electron chi connectivity index (χ0n) is 8.46. The van der Waals surface area contributed by atoms with Crippen LogP contribution in [0.25, 0.3) is 6.08 Å². The maximum atomic E-state index is 12.8. The molecule has 0 heterocycles. The second-order valence-electron chi connectivity index (χ2n) is 3.01. The van der Waals surface area contributed by atoms with Crippen molar-refractivity contribution in [3.63, 3.8) is 0 Å². The van der Waals surface area contributed by atoms with Crippen molar-refractivity contribution in [2.75, 3.05) is 12.3 Å². The minimum atomic E-state index is -0.454. The van der Waals surface area contributed by atoms with Gasteiger partial charge in [-0.2, -0.15) is 0 Å². The van der Waals surface area contributed by atoms with Crippen molar-refractivity contribution in [2.45, 2.75) is 6.92 Å². The van der Waals surface area contributed by atoms with E-state index < -0.39 is 5.82 Å². The fraction of sp³-hybridized carbons (Fsp3) is 0.182. The number of nitrogen functional groups attached to an aromatic ring is 1. The summed E-state index contributed by atoms with van der Waals surface area (Å²) in [6.45, 7) is 2.41. The number of anilines is 1. The number of hydrogen-bond donors (Lipinski definition) is 2. The molecule has 0 aliphatic rings. The predicted octanol–water partition coefficient (Wildman–Crippen LogP) is 1.56. The van der Waals surface area contributed by atoms with Crippen LogP contribution in [0.2, 0.25) is 0 Å². The van der Waals surface area contributed by atoms with E-state index in [2.05, 4.69) is 5.32 Å². The van der Waals surface area contributed by atoms with Crippen LogP contribution in [0.15, 0.2) is 24.3 Å². The summed E-state index contributed by atoms with van der Waals surface area (Å²) < 4.78 is 12.8. The lowest BCUT2D eigenvalue weighted by molar-refractivity contribution is -0.116. The Morgan fingerprint density at radius 1 is 1.60 bits per heavy atom. The topological polar surface area (TPSA) is 55.1 Å². The van der Waals surface area contributed by atoms with E-state index in [1.54, 1.807) is 12.1 Å². The Bertz CT molecular complexity index is 388.